The predicted octanol–water partition coefficient (Wildman–Crippen LogP) is 3.57. The second kappa shape index (κ2) is 14.3. The first-order chi connectivity index (χ1) is 22.8. The van der Waals surface area contributed by atoms with Crippen LogP contribution in [0.1, 0.15) is 71.8 Å². The molecule has 4 atom stereocenters. The minimum atomic E-state index is -1.09. The van der Waals surface area contributed by atoms with E-state index in [1.807, 2.05) is 33.8 Å². The third kappa shape index (κ3) is 8.30. The lowest BCUT2D eigenvalue weighted by atomic mass is 9.85. The van der Waals surface area contributed by atoms with E-state index in [0.717, 1.165) is 18.4 Å². The normalized spacial score (nSPS) is 21.5. The summed E-state index contributed by atoms with van der Waals surface area (Å²) in [6.07, 6.45) is 5.81. The highest BCUT2D eigenvalue weighted by Crippen LogP contribution is 2.40. The molecule has 0 unspecified atom stereocenters. The smallest absolute Gasteiger partial charge is 0.319 e. The Hall–Kier alpha value is -4.52. The molecule has 1 saturated carbocycles. The van der Waals surface area contributed by atoms with E-state index in [9.17, 15) is 24.0 Å². The maximum absolute atomic E-state index is 14.5. The van der Waals surface area contributed by atoms with Crippen molar-refractivity contribution in [3.8, 4) is 0 Å². The third-order valence-corrected chi connectivity index (χ3v) is 8.87. The number of aromatic nitrogens is 1. The molecule has 3 heterocycles. The van der Waals surface area contributed by atoms with Crippen molar-refractivity contribution in [1.82, 2.24) is 25.8 Å². The highest BCUT2D eigenvalue weighted by molar-refractivity contribution is 6.38. The number of anilines is 1. The average Bonchev–Trinajstić information content (AvgIpc) is 3.63. The molecule has 14 heteroatoms. The summed E-state index contributed by atoms with van der Waals surface area (Å²) in [6.45, 7) is 7.26. The summed E-state index contributed by atoms with van der Waals surface area (Å²) in [5, 5.41) is 15.8. The van der Waals surface area contributed by atoms with Gasteiger partial charge < -0.3 is 31.0 Å². The number of ketones is 1. The Labute approximate surface area is 284 Å². The summed E-state index contributed by atoms with van der Waals surface area (Å²) in [4.78, 5) is 78.8. The van der Waals surface area contributed by atoms with Gasteiger partial charge in [0.15, 0.2) is 5.60 Å². The van der Waals surface area contributed by atoms with Crippen LogP contribution in [0.2, 0.25) is 5.02 Å². The standard InChI is InChI=1S/C34H42ClN7O6/c1-5-8-24(27(43)30(45)37-22-12-13-22)39-29(44)26-17-34(16-25(41-48-34)20-9-6-10-21(35)15-20)19-42(26)31(46)28(33(2,3)4)40-32(47)38-23-11-7-14-36-18-23/h6-7,9-11,14-15,18,22,24,26,28H,5,8,12-13,16-17,19H2,1-4H3,(H,37,45)(H,39,44)(H2,38,40,47)/t24-,26-,28+,34+/m0/s1. The molecule has 1 spiro atoms. The minimum absolute atomic E-state index is 0.00940. The highest BCUT2D eigenvalue weighted by Gasteiger charge is 2.55. The fraction of sp³-hybridized carbons (Fsp3) is 0.500. The monoisotopic (exact) mass is 679 g/mol. The molecule has 1 aromatic heterocycles. The van der Waals surface area contributed by atoms with Gasteiger partial charge in [-0.2, -0.15) is 0 Å². The molecule has 5 rings (SSSR count). The van der Waals surface area contributed by atoms with Crippen molar-refractivity contribution in [1.29, 1.82) is 0 Å². The second-order valence-electron chi connectivity index (χ2n) is 13.8. The van der Waals surface area contributed by atoms with E-state index in [2.05, 4.69) is 31.4 Å². The number of urea groups is 1. The number of amides is 5. The first-order valence-corrected chi connectivity index (χ1v) is 16.6. The number of carbonyl (C=O) groups is 5. The molecule has 2 aliphatic heterocycles. The Balaban J connectivity index is 1.40. The van der Waals surface area contributed by atoms with Crippen LogP contribution in [0.3, 0.4) is 0 Å². The molecule has 0 radical (unpaired) electrons. The van der Waals surface area contributed by atoms with Gasteiger partial charge in [-0.05, 0) is 48.9 Å². The number of halogens is 1. The van der Waals surface area contributed by atoms with Gasteiger partial charge in [0, 0.05) is 35.7 Å². The summed E-state index contributed by atoms with van der Waals surface area (Å²) < 4.78 is 0. The van der Waals surface area contributed by atoms with Crippen LogP contribution in [0.4, 0.5) is 10.5 Å². The van der Waals surface area contributed by atoms with Crippen molar-refractivity contribution >= 4 is 52.5 Å². The van der Waals surface area contributed by atoms with Crippen LogP contribution < -0.4 is 21.3 Å². The number of Topliss-reactive ketones (excluding diaryl/α,β-unsaturated/α-hetero) is 1. The number of oxime groups is 1. The topological polar surface area (TPSA) is 171 Å². The summed E-state index contributed by atoms with van der Waals surface area (Å²) in [7, 11) is 0. The first kappa shape index (κ1) is 34.8. The van der Waals surface area contributed by atoms with Gasteiger partial charge in [-0.25, -0.2) is 4.79 Å². The molecule has 1 saturated heterocycles. The molecule has 13 nitrogen and oxygen atoms in total. The average molecular weight is 680 g/mol. The van der Waals surface area contributed by atoms with Crippen LogP contribution in [0, 0.1) is 5.41 Å². The Bertz CT molecular complexity index is 1590. The number of pyridine rings is 1. The zero-order valence-corrected chi connectivity index (χ0v) is 28.3. The number of rotatable bonds is 11. The van der Waals surface area contributed by atoms with E-state index in [4.69, 9.17) is 16.4 Å². The summed E-state index contributed by atoms with van der Waals surface area (Å²) in [5.41, 5.74) is -0.0240. The zero-order chi connectivity index (χ0) is 34.6. The predicted molar refractivity (Wildman–Crippen MR) is 179 cm³/mol. The Morgan fingerprint density at radius 2 is 1.88 bits per heavy atom. The van der Waals surface area contributed by atoms with Gasteiger partial charge in [-0.3, -0.25) is 24.2 Å². The molecular weight excluding hydrogens is 638 g/mol. The van der Waals surface area contributed by atoms with E-state index in [1.165, 1.54) is 11.1 Å². The van der Waals surface area contributed by atoms with Gasteiger partial charge in [0.25, 0.3) is 5.91 Å². The summed E-state index contributed by atoms with van der Waals surface area (Å²) in [6, 6.07) is 6.63. The number of nitrogens with one attached hydrogen (secondary N) is 4. The molecule has 2 fully saturated rings. The van der Waals surface area contributed by atoms with E-state index < -0.39 is 58.7 Å². The van der Waals surface area contributed by atoms with Crippen LogP contribution in [0.5, 0.6) is 0 Å². The molecule has 1 aliphatic carbocycles. The Morgan fingerprint density at radius 1 is 1.10 bits per heavy atom. The van der Waals surface area contributed by atoms with Gasteiger partial charge in [-0.15, -0.1) is 0 Å². The van der Waals surface area contributed by atoms with Crippen LogP contribution in [-0.4, -0.2) is 81.4 Å². The summed E-state index contributed by atoms with van der Waals surface area (Å²) in [5.74, 6) is -2.57. The Kier molecular flexibility index (Phi) is 10.4. The quantitative estimate of drug-likeness (QED) is 0.263. The summed E-state index contributed by atoms with van der Waals surface area (Å²) >= 11 is 6.23. The molecule has 3 aliphatic rings. The molecule has 1 aromatic carbocycles. The van der Waals surface area contributed by atoms with Crippen molar-refractivity contribution in [2.24, 2.45) is 10.6 Å². The van der Waals surface area contributed by atoms with Gasteiger partial charge in [-0.1, -0.05) is 63.0 Å². The maximum Gasteiger partial charge on any atom is 0.319 e. The lowest BCUT2D eigenvalue weighted by molar-refractivity contribution is -0.144. The van der Waals surface area contributed by atoms with E-state index in [0.29, 0.717) is 22.8 Å². The van der Waals surface area contributed by atoms with Crippen LogP contribution in [0.15, 0.2) is 53.9 Å². The third-order valence-electron chi connectivity index (χ3n) is 8.64. The van der Waals surface area contributed by atoms with Gasteiger partial charge >= 0.3 is 6.03 Å². The number of hydrogen-bond acceptors (Lipinski definition) is 8. The first-order valence-electron chi connectivity index (χ1n) is 16.2. The van der Waals surface area contributed by atoms with Crippen molar-refractivity contribution in [3.05, 3.63) is 59.4 Å². The Morgan fingerprint density at radius 3 is 2.52 bits per heavy atom. The zero-order valence-electron chi connectivity index (χ0n) is 27.5. The van der Waals surface area contributed by atoms with Gasteiger partial charge in [0.2, 0.25) is 17.6 Å². The number of hydrogen-bond donors (Lipinski definition) is 4. The molecule has 0 bridgehead atoms. The second-order valence-corrected chi connectivity index (χ2v) is 14.2. The van der Waals surface area contributed by atoms with Crippen molar-refractivity contribution in [2.75, 3.05) is 11.9 Å². The highest BCUT2D eigenvalue weighted by atomic mass is 35.5. The number of benzene rings is 1. The fourth-order valence-electron chi connectivity index (χ4n) is 5.97. The molecule has 48 heavy (non-hydrogen) atoms. The number of likely N-dealkylation sites (tertiary alicyclic amines) is 1. The molecular formula is C34H42ClN7O6. The van der Waals surface area contributed by atoms with Crippen LogP contribution in [-0.2, 0) is 24.0 Å². The molecule has 5 amide bonds. The van der Waals surface area contributed by atoms with Gasteiger partial charge in [0.1, 0.15) is 12.1 Å². The molecule has 4 N–H and O–H groups in total. The van der Waals surface area contributed by atoms with E-state index in [-0.39, 0.29) is 31.8 Å². The lowest BCUT2D eigenvalue weighted by Gasteiger charge is -2.35. The lowest BCUT2D eigenvalue weighted by Crippen LogP contribution is -2.59. The van der Waals surface area contributed by atoms with Crippen molar-refractivity contribution in [2.45, 2.75) is 96.0 Å². The fourth-order valence-corrected chi connectivity index (χ4v) is 6.16. The van der Waals surface area contributed by atoms with Crippen LogP contribution >= 0.6 is 11.6 Å². The van der Waals surface area contributed by atoms with Crippen LogP contribution in [0.25, 0.3) is 0 Å². The van der Waals surface area contributed by atoms with E-state index >= 15 is 0 Å². The van der Waals surface area contributed by atoms with E-state index in [1.54, 1.807) is 36.5 Å². The SMILES string of the molecule is CCC[C@H](NC(=O)[C@@H]1C[C@]2(CC(c3cccc(Cl)c3)=NO2)CN1C(=O)[C@@H](NC(=O)Nc1cccnc1)C(C)(C)C)C(=O)C(=O)NC1CC1. The maximum atomic E-state index is 14.5. The molecule has 2 aromatic rings. The molecule has 256 valence electrons. The largest absolute Gasteiger partial charge is 0.387 e. The number of nitrogens with zero attached hydrogens (tertiary/aromatic N) is 3. The van der Waals surface area contributed by atoms with Crippen molar-refractivity contribution < 1.29 is 28.8 Å². The van der Waals surface area contributed by atoms with Crippen molar-refractivity contribution in [3.63, 3.8) is 0 Å². The minimum Gasteiger partial charge on any atom is -0.387 e. The number of carbonyl (C=O) groups excluding carboxylic acids is 5. The van der Waals surface area contributed by atoms with Gasteiger partial charge in [0.05, 0.1) is 30.2 Å².